The molecule has 3 heterocycles. The van der Waals surface area contributed by atoms with E-state index in [4.69, 9.17) is 4.74 Å². The highest BCUT2D eigenvalue weighted by molar-refractivity contribution is 5.46. The standard InChI is InChI=1S/C18H22N6O/c1-14-11-22(12-15-4-3-5-16(10-15)25-2)8-9-23(14)18-7-6-17-20-19-13-24(17)21-18/h3-7,10,13-14H,8-9,11-12H2,1-2H3/t14-/m1/s1. The molecule has 1 aromatic carbocycles. The van der Waals surface area contributed by atoms with Crippen molar-refractivity contribution >= 4 is 11.5 Å². The minimum Gasteiger partial charge on any atom is -0.497 e. The Morgan fingerprint density at radius 1 is 1.20 bits per heavy atom. The summed E-state index contributed by atoms with van der Waals surface area (Å²) in [5, 5.41) is 12.5. The van der Waals surface area contributed by atoms with E-state index >= 15 is 0 Å². The predicted octanol–water partition coefficient (Wildman–Crippen LogP) is 1.84. The van der Waals surface area contributed by atoms with Crippen LogP contribution in [0, 0.1) is 0 Å². The van der Waals surface area contributed by atoms with Crippen molar-refractivity contribution in [1.82, 2.24) is 24.7 Å². The zero-order chi connectivity index (χ0) is 17.2. The number of methoxy groups -OCH3 is 1. The second-order valence-corrected chi connectivity index (χ2v) is 6.45. The van der Waals surface area contributed by atoms with E-state index in [-0.39, 0.29) is 0 Å². The van der Waals surface area contributed by atoms with Crippen molar-refractivity contribution in [2.75, 3.05) is 31.6 Å². The highest BCUT2D eigenvalue weighted by Crippen LogP contribution is 2.21. The van der Waals surface area contributed by atoms with E-state index in [9.17, 15) is 0 Å². The van der Waals surface area contributed by atoms with Gasteiger partial charge in [-0.2, -0.15) is 4.52 Å². The van der Waals surface area contributed by atoms with E-state index in [1.54, 1.807) is 18.0 Å². The maximum Gasteiger partial charge on any atom is 0.177 e. The monoisotopic (exact) mass is 338 g/mol. The first-order valence-corrected chi connectivity index (χ1v) is 8.52. The van der Waals surface area contributed by atoms with Gasteiger partial charge in [-0.05, 0) is 36.8 Å². The largest absolute Gasteiger partial charge is 0.497 e. The Labute approximate surface area is 146 Å². The molecule has 0 radical (unpaired) electrons. The van der Waals surface area contributed by atoms with Gasteiger partial charge in [0, 0.05) is 32.2 Å². The van der Waals surface area contributed by atoms with Crippen LogP contribution in [0.15, 0.2) is 42.7 Å². The Morgan fingerprint density at radius 3 is 2.96 bits per heavy atom. The fraction of sp³-hybridized carbons (Fsp3) is 0.389. The Kier molecular flexibility index (Phi) is 4.23. The lowest BCUT2D eigenvalue weighted by molar-refractivity contribution is 0.220. The molecule has 1 aliphatic rings. The van der Waals surface area contributed by atoms with Crippen molar-refractivity contribution in [3.8, 4) is 5.75 Å². The molecule has 130 valence electrons. The number of piperazine rings is 1. The molecule has 7 heteroatoms. The highest BCUT2D eigenvalue weighted by Gasteiger charge is 2.25. The van der Waals surface area contributed by atoms with Crippen molar-refractivity contribution in [1.29, 1.82) is 0 Å². The van der Waals surface area contributed by atoms with Crippen LogP contribution in [-0.4, -0.2) is 57.5 Å². The van der Waals surface area contributed by atoms with Gasteiger partial charge in [0.15, 0.2) is 5.65 Å². The molecule has 0 amide bonds. The van der Waals surface area contributed by atoms with Crippen molar-refractivity contribution in [2.24, 2.45) is 0 Å². The van der Waals surface area contributed by atoms with Gasteiger partial charge in [0.2, 0.25) is 0 Å². The van der Waals surface area contributed by atoms with E-state index in [0.717, 1.165) is 43.4 Å². The zero-order valence-electron chi connectivity index (χ0n) is 14.5. The highest BCUT2D eigenvalue weighted by atomic mass is 16.5. The summed E-state index contributed by atoms with van der Waals surface area (Å²) in [6, 6.07) is 12.7. The second-order valence-electron chi connectivity index (χ2n) is 6.45. The molecular weight excluding hydrogens is 316 g/mol. The Morgan fingerprint density at radius 2 is 2.12 bits per heavy atom. The van der Waals surface area contributed by atoms with E-state index in [1.807, 2.05) is 24.3 Å². The summed E-state index contributed by atoms with van der Waals surface area (Å²) in [6.45, 7) is 6.14. The molecule has 1 aliphatic heterocycles. The van der Waals surface area contributed by atoms with E-state index in [0.29, 0.717) is 6.04 Å². The van der Waals surface area contributed by atoms with Gasteiger partial charge in [-0.25, -0.2) is 0 Å². The van der Waals surface area contributed by atoms with Gasteiger partial charge in [-0.15, -0.1) is 15.3 Å². The molecule has 1 fully saturated rings. The van der Waals surface area contributed by atoms with Crippen LogP contribution < -0.4 is 9.64 Å². The molecule has 0 bridgehead atoms. The molecule has 0 N–H and O–H groups in total. The maximum atomic E-state index is 5.32. The summed E-state index contributed by atoms with van der Waals surface area (Å²) in [4.78, 5) is 4.83. The first-order valence-electron chi connectivity index (χ1n) is 8.52. The quantitative estimate of drug-likeness (QED) is 0.723. The van der Waals surface area contributed by atoms with Crippen LogP contribution in [0.5, 0.6) is 5.75 Å². The van der Waals surface area contributed by atoms with Crippen LogP contribution in [-0.2, 0) is 6.54 Å². The number of hydrogen-bond donors (Lipinski definition) is 0. The third-order valence-electron chi connectivity index (χ3n) is 4.69. The van der Waals surface area contributed by atoms with Gasteiger partial charge >= 0.3 is 0 Å². The Bertz CT molecular complexity index is 863. The smallest absolute Gasteiger partial charge is 0.177 e. The molecule has 0 saturated carbocycles. The third kappa shape index (κ3) is 3.28. The number of fused-ring (bicyclic) bond motifs is 1. The minimum atomic E-state index is 0.390. The summed E-state index contributed by atoms with van der Waals surface area (Å²) in [6.07, 6.45) is 1.64. The normalized spacial score (nSPS) is 18.6. The van der Waals surface area contributed by atoms with Gasteiger partial charge in [0.25, 0.3) is 0 Å². The summed E-state index contributed by atoms with van der Waals surface area (Å²) >= 11 is 0. The number of nitrogens with zero attached hydrogens (tertiary/aromatic N) is 6. The van der Waals surface area contributed by atoms with Crippen LogP contribution in [0.4, 0.5) is 5.82 Å². The van der Waals surface area contributed by atoms with Gasteiger partial charge < -0.3 is 9.64 Å². The van der Waals surface area contributed by atoms with Gasteiger partial charge in [0.1, 0.15) is 17.9 Å². The topological polar surface area (TPSA) is 58.8 Å². The second kappa shape index (κ2) is 6.68. The summed E-state index contributed by atoms with van der Waals surface area (Å²) < 4.78 is 7.05. The number of anilines is 1. The lowest BCUT2D eigenvalue weighted by atomic mass is 10.1. The van der Waals surface area contributed by atoms with E-state index in [1.165, 1.54) is 5.56 Å². The molecule has 1 saturated heterocycles. The average molecular weight is 338 g/mol. The summed E-state index contributed by atoms with van der Waals surface area (Å²) in [7, 11) is 1.71. The maximum absolute atomic E-state index is 5.32. The van der Waals surface area contributed by atoms with Crippen molar-refractivity contribution in [3.05, 3.63) is 48.3 Å². The van der Waals surface area contributed by atoms with Crippen LogP contribution in [0.3, 0.4) is 0 Å². The molecule has 25 heavy (non-hydrogen) atoms. The van der Waals surface area contributed by atoms with Gasteiger partial charge in [-0.1, -0.05) is 12.1 Å². The predicted molar refractivity (Wildman–Crippen MR) is 95.9 cm³/mol. The Balaban J connectivity index is 1.44. The number of ether oxygens (including phenoxy) is 1. The van der Waals surface area contributed by atoms with Gasteiger partial charge in [-0.3, -0.25) is 4.90 Å². The number of benzene rings is 1. The van der Waals surface area contributed by atoms with Gasteiger partial charge in [0.05, 0.1) is 7.11 Å². The third-order valence-corrected chi connectivity index (χ3v) is 4.69. The number of aromatic nitrogens is 4. The minimum absolute atomic E-state index is 0.390. The van der Waals surface area contributed by atoms with Crippen LogP contribution in [0.2, 0.25) is 0 Å². The molecule has 0 unspecified atom stereocenters. The molecule has 0 aliphatic carbocycles. The van der Waals surface area contributed by atoms with Crippen molar-refractivity contribution < 1.29 is 4.74 Å². The molecule has 7 nitrogen and oxygen atoms in total. The zero-order valence-corrected chi connectivity index (χ0v) is 14.5. The lowest BCUT2D eigenvalue weighted by Gasteiger charge is -2.40. The number of hydrogen-bond acceptors (Lipinski definition) is 6. The van der Waals surface area contributed by atoms with E-state index in [2.05, 4.69) is 44.2 Å². The molecule has 2 aromatic heterocycles. The molecule has 4 rings (SSSR count). The van der Waals surface area contributed by atoms with Crippen LogP contribution in [0.25, 0.3) is 5.65 Å². The molecule has 0 spiro atoms. The first kappa shape index (κ1) is 15.8. The molecule has 1 atom stereocenters. The van der Waals surface area contributed by atoms with Crippen LogP contribution >= 0.6 is 0 Å². The number of rotatable bonds is 4. The van der Waals surface area contributed by atoms with Crippen molar-refractivity contribution in [2.45, 2.75) is 19.5 Å². The van der Waals surface area contributed by atoms with Crippen molar-refractivity contribution in [3.63, 3.8) is 0 Å². The fourth-order valence-corrected chi connectivity index (χ4v) is 3.42. The SMILES string of the molecule is COc1cccc(CN2CCN(c3ccc4nncn4n3)[C@H](C)C2)c1. The summed E-state index contributed by atoms with van der Waals surface area (Å²) in [5.74, 6) is 1.89. The lowest BCUT2D eigenvalue weighted by Crippen LogP contribution is -2.52. The Hall–Kier alpha value is -2.67. The fourth-order valence-electron chi connectivity index (χ4n) is 3.42. The first-order chi connectivity index (χ1) is 12.2. The summed E-state index contributed by atoms with van der Waals surface area (Å²) in [5.41, 5.74) is 2.05. The molecule has 3 aromatic rings. The van der Waals surface area contributed by atoms with Crippen LogP contribution in [0.1, 0.15) is 12.5 Å². The van der Waals surface area contributed by atoms with E-state index < -0.39 is 0 Å². The molecular formula is C18H22N6O. The average Bonchev–Trinajstić information content (AvgIpc) is 3.10.